The SMILES string of the molecule is CN1CCN(c2ccc(Nc3ncc4cc5n(c4n3)C3(CCCCC3)CNC5=O)nc2)CC1.Cl. The fraction of sp³-hybridized carbons (Fsp3) is 0.500. The Labute approximate surface area is 205 Å². The van der Waals surface area contributed by atoms with Crippen LogP contribution in [-0.2, 0) is 5.54 Å². The quantitative estimate of drug-likeness (QED) is 0.592. The Bertz CT molecular complexity index is 1180. The molecule has 1 spiro atoms. The summed E-state index contributed by atoms with van der Waals surface area (Å²) in [4.78, 5) is 31.3. The number of aromatic nitrogens is 4. The molecule has 5 heterocycles. The molecule has 3 aromatic heterocycles. The van der Waals surface area contributed by atoms with Gasteiger partial charge in [0.1, 0.15) is 17.2 Å². The van der Waals surface area contributed by atoms with Crippen LogP contribution in [0.15, 0.2) is 30.6 Å². The molecule has 2 fully saturated rings. The van der Waals surface area contributed by atoms with Crippen LogP contribution < -0.4 is 15.5 Å². The molecule has 1 aliphatic carbocycles. The third-order valence-electron chi connectivity index (χ3n) is 7.47. The zero-order chi connectivity index (χ0) is 22.4. The molecule has 9 nitrogen and oxygen atoms in total. The van der Waals surface area contributed by atoms with Crippen molar-refractivity contribution in [3.8, 4) is 0 Å². The molecule has 1 amide bonds. The fourth-order valence-electron chi connectivity index (χ4n) is 5.55. The number of rotatable bonds is 3. The highest BCUT2D eigenvalue weighted by Crippen LogP contribution is 2.40. The maximum atomic E-state index is 12.6. The van der Waals surface area contributed by atoms with Crippen molar-refractivity contribution < 1.29 is 4.79 Å². The van der Waals surface area contributed by atoms with Gasteiger partial charge in [-0.2, -0.15) is 4.98 Å². The molecule has 0 atom stereocenters. The number of nitrogens with zero attached hydrogens (tertiary/aromatic N) is 6. The summed E-state index contributed by atoms with van der Waals surface area (Å²) in [5.74, 6) is 1.18. The number of hydrogen-bond donors (Lipinski definition) is 2. The third-order valence-corrected chi connectivity index (χ3v) is 7.47. The molecule has 180 valence electrons. The highest BCUT2D eigenvalue weighted by Gasteiger charge is 2.41. The van der Waals surface area contributed by atoms with Gasteiger partial charge in [0.15, 0.2) is 0 Å². The number of piperazine rings is 1. The van der Waals surface area contributed by atoms with Crippen LogP contribution in [0.3, 0.4) is 0 Å². The van der Waals surface area contributed by atoms with E-state index in [1.165, 1.54) is 19.3 Å². The van der Waals surface area contributed by atoms with Gasteiger partial charge in [-0.05, 0) is 38.1 Å². The predicted molar refractivity (Wildman–Crippen MR) is 135 cm³/mol. The molecule has 1 saturated carbocycles. The molecule has 0 unspecified atom stereocenters. The summed E-state index contributed by atoms with van der Waals surface area (Å²) in [7, 11) is 2.16. The first-order valence-electron chi connectivity index (χ1n) is 12.0. The smallest absolute Gasteiger partial charge is 0.268 e. The van der Waals surface area contributed by atoms with Crippen LogP contribution >= 0.6 is 12.4 Å². The topological polar surface area (TPSA) is 91.2 Å². The van der Waals surface area contributed by atoms with Crippen molar-refractivity contribution in [2.24, 2.45) is 0 Å². The van der Waals surface area contributed by atoms with Crippen LogP contribution in [0.2, 0.25) is 0 Å². The number of pyridine rings is 1. The lowest BCUT2D eigenvalue weighted by atomic mass is 9.80. The minimum absolute atomic E-state index is 0. The minimum atomic E-state index is -0.0860. The van der Waals surface area contributed by atoms with E-state index in [0.717, 1.165) is 55.7 Å². The first-order chi connectivity index (χ1) is 16.1. The molecular formula is C24H31ClN8O. The van der Waals surface area contributed by atoms with Crippen LogP contribution in [0.5, 0.6) is 0 Å². The second-order valence-electron chi connectivity index (χ2n) is 9.62. The average molecular weight is 483 g/mol. The number of anilines is 3. The van der Waals surface area contributed by atoms with E-state index in [9.17, 15) is 4.79 Å². The van der Waals surface area contributed by atoms with Gasteiger partial charge in [0.25, 0.3) is 5.91 Å². The van der Waals surface area contributed by atoms with Gasteiger partial charge in [-0.3, -0.25) is 4.79 Å². The van der Waals surface area contributed by atoms with Gasteiger partial charge >= 0.3 is 0 Å². The molecule has 6 rings (SSSR count). The molecule has 10 heteroatoms. The van der Waals surface area contributed by atoms with Crippen LogP contribution in [0, 0.1) is 0 Å². The Kier molecular flexibility index (Phi) is 6.07. The zero-order valence-corrected chi connectivity index (χ0v) is 20.3. The molecule has 34 heavy (non-hydrogen) atoms. The Morgan fingerprint density at radius 1 is 1.03 bits per heavy atom. The number of nitrogens with one attached hydrogen (secondary N) is 2. The number of halogens is 1. The van der Waals surface area contributed by atoms with Gasteiger partial charge in [-0.15, -0.1) is 12.4 Å². The number of hydrogen-bond acceptors (Lipinski definition) is 7. The van der Waals surface area contributed by atoms with Gasteiger partial charge in [0.2, 0.25) is 5.95 Å². The summed E-state index contributed by atoms with van der Waals surface area (Å²) in [6.07, 6.45) is 9.44. The molecule has 1 saturated heterocycles. The van der Waals surface area contributed by atoms with E-state index in [0.29, 0.717) is 24.0 Å². The molecule has 3 aliphatic rings. The number of carbonyl (C=O) groups is 1. The Hall–Kier alpha value is -2.91. The van der Waals surface area contributed by atoms with Crippen LogP contribution in [-0.4, -0.2) is 70.1 Å². The summed E-state index contributed by atoms with van der Waals surface area (Å²) in [6.45, 7) is 4.83. The van der Waals surface area contributed by atoms with Gasteiger partial charge in [0, 0.05) is 44.3 Å². The monoisotopic (exact) mass is 482 g/mol. The fourth-order valence-corrected chi connectivity index (χ4v) is 5.55. The van der Waals surface area contributed by atoms with E-state index < -0.39 is 0 Å². The average Bonchev–Trinajstić information content (AvgIpc) is 3.24. The molecular weight excluding hydrogens is 452 g/mol. The zero-order valence-electron chi connectivity index (χ0n) is 19.5. The summed E-state index contributed by atoms with van der Waals surface area (Å²) < 4.78 is 2.19. The van der Waals surface area contributed by atoms with E-state index in [2.05, 4.69) is 48.1 Å². The molecule has 0 radical (unpaired) electrons. The van der Waals surface area contributed by atoms with Crippen LogP contribution in [0.25, 0.3) is 11.0 Å². The maximum absolute atomic E-state index is 12.6. The Morgan fingerprint density at radius 2 is 1.82 bits per heavy atom. The second kappa shape index (κ2) is 9.03. The highest BCUT2D eigenvalue weighted by molar-refractivity contribution is 5.99. The Morgan fingerprint density at radius 3 is 2.56 bits per heavy atom. The first kappa shape index (κ1) is 22.9. The lowest BCUT2D eigenvalue weighted by molar-refractivity contribution is 0.0833. The van der Waals surface area contributed by atoms with Gasteiger partial charge in [-0.1, -0.05) is 19.3 Å². The normalized spacial score (nSPS) is 20.0. The summed E-state index contributed by atoms with van der Waals surface area (Å²) in [5.41, 5.74) is 2.57. The number of likely N-dealkylation sites (N-methyl/N-ethyl adjacent to an activating group) is 1. The molecule has 2 aliphatic heterocycles. The minimum Gasteiger partial charge on any atom is -0.368 e. The van der Waals surface area contributed by atoms with E-state index in [1.54, 1.807) is 6.20 Å². The second-order valence-corrected chi connectivity index (χ2v) is 9.62. The summed E-state index contributed by atoms with van der Waals surface area (Å²) in [5, 5.41) is 7.27. The van der Waals surface area contributed by atoms with Crippen molar-refractivity contribution in [3.05, 3.63) is 36.3 Å². The van der Waals surface area contributed by atoms with Crippen LogP contribution in [0.1, 0.15) is 42.6 Å². The lowest BCUT2D eigenvalue weighted by Gasteiger charge is -2.42. The van der Waals surface area contributed by atoms with Gasteiger partial charge in [0.05, 0.1) is 17.4 Å². The van der Waals surface area contributed by atoms with Crippen LogP contribution in [0.4, 0.5) is 17.5 Å². The molecule has 3 aromatic rings. The molecule has 2 N–H and O–H groups in total. The van der Waals surface area contributed by atoms with E-state index >= 15 is 0 Å². The summed E-state index contributed by atoms with van der Waals surface area (Å²) in [6, 6.07) is 6.00. The van der Waals surface area contributed by atoms with Crippen molar-refractivity contribution >= 4 is 46.8 Å². The first-order valence-corrected chi connectivity index (χ1v) is 12.0. The van der Waals surface area contributed by atoms with Gasteiger partial charge < -0.3 is 25.0 Å². The number of amides is 1. The van der Waals surface area contributed by atoms with E-state index in [4.69, 9.17) is 4.98 Å². The number of carbonyl (C=O) groups excluding carboxylic acids is 1. The van der Waals surface area contributed by atoms with Crippen molar-refractivity contribution in [3.63, 3.8) is 0 Å². The van der Waals surface area contributed by atoms with Gasteiger partial charge in [-0.25, -0.2) is 9.97 Å². The number of fused-ring (bicyclic) bond motifs is 4. The van der Waals surface area contributed by atoms with Crippen molar-refractivity contribution in [2.45, 2.75) is 37.6 Å². The standard InChI is InChI=1S/C24H30N8O.ClH/c1-30-9-11-31(12-10-30)18-5-6-20(25-15-18)28-23-26-14-17-13-19-22(33)27-16-24(7-3-2-4-8-24)32(19)21(17)29-23;/h5-6,13-15H,2-4,7-12,16H2,1H3,(H,27,33)(H,25,26,28,29);1H. The van der Waals surface area contributed by atoms with Crippen molar-refractivity contribution in [2.75, 3.05) is 50.0 Å². The summed E-state index contributed by atoms with van der Waals surface area (Å²) >= 11 is 0. The largest absolute Gasteiger partial charge is 0.368 e. The lowest BCUT2D eigenvalue weighted by Crippen LogP contribution is -2.52. The predicted octanol–water partition coefficient (Wildman–Crippen LogP) is 3.15. The maximum Gasteiger partial charge on any atom is 0.268 e. The highest BCUT2D eigenvalue weighted by atomic mass is 35.5. The third kappa shape index (κ3) is 3.96. The van der Waals surface area contributed by atoms with Crippen molar-refractivity contribution in [1.29, 1.82) is 0 Å². The van der Waals surface area contributed by atoms with E-state index in [1.807, 2.05) is 18.3 Å². The molecule has 0 aromatic carbocycles. The Balaban J connectivity index is 0.00000241. The van der Waals surface area contributed by atoms with E-state index in [-0.39, 0.29) is 23.9 Å². The molecule has 0 bridgehead atoms. The van der Waals surface area contributed by atoms with Crippen molar-refractivity contribution in [1.82, 2.24) is 29.7 Å².